The quantitative estimate of drug-likeness (QED) is 0.895. The van der Waals surface area contributed by atoms with Gasteiger partial charge in [-0.15, -0.1) is 12.4 Å². The molecule has 2 aromatic rings. The number of rotatable bonds is 2. The van der Waals surface area contributed by atoms with Crippen LogP contribution in [0.3, 0.4) is 0 Å². The molecule has 0 radical (unpaired) electrons. The molecule has 3 rings (SSSR count). The highest BCUT2D eigenvalue weighted by Gasteiger charge is 2.15. The summed E-state index contributed by atoms with van der Waals surface area (Å²) in [5.41, 5.74) is 1.70. The Morgan fingerprint density at radius 3 is 2.63 bits per heavy atom. The number of para-hydroxylation sites is 2. The zero-order chi connectivity index (χ0) is 12.4. The molecule has 0 amide bonds. The second kappa shape index (κ2) is 6.37. The topological polar surface area (TPSA) is 49.8 Å². The molecule has 2 N–H and O–H groups in total. The molecule has 1 aromatic heterocycles. The van der Waals surface area contributed by atoms with E-state index in [4.69, 9.17) is 11.6 Å². The predicted octanol–water partition coefficient (Wildman–Crippen LogP) is 2.87. The summed E-state index contributed by atoms with van der Waals surface area (Å²) in [5, 5.41) is 7.17. The fraction of sp³-hybridized carbons (Fsp3) is 0.385. The smallest absolute Gasteiger partial charge is 0.172 e. The van der Waals surface area contributed by atoms with Crippen molar-refractivity contribution in [2.75, 3.05) is 18.4 Å². The van der Waals surface area contributed by atoms with Gasteiger partial charge in [0.25, 0.3) is 0 Å². The summed E-state index contributed by atoms with van der Waals surface area (Å²) in [4.78, 5) is 8.90. The van der Waals surface area contributed by atoms with Crippen molar-refractivity contribution in [1.29, 1.82) is 0 Å². The summed E-state index contributed by atoms with van der Waals surface area (Å²) in [6.45, 7) is 2.04. The fourth-order valence-electron chi connectivity index (χ4n) is 2.24. The molecule has 1 atom stereocenters. The minimum atomic E-state index is 0. The van der Waals surface area contributed by atoms with Gasteiger partial charge in [-0.3, -0.25) is 0 Å². The molecule has 4 nitrogen and oxygen atoms in total. The van der Waals surface area contributed by atoms with Crippen LogP contribution in [0.15, 0.2) is 24.3 Å². The molecule has 0 saturated carbocycles. The maximum Gasteiger partial charge on any atom is 0.172 e. The maximum absolute atomic E-state index is 6.17. The van der Waals surface area contributed by atoms with Crippen molar-refractivity contribution < 1.29 is 0 Å². The summed E-state index contributed by atoms with van der Waals surface area (Å²) in [7, 11) is 0. The summed E-state index contributed by atoms with van der Waals surface area (Å²) in [5.74, 6) is 0.684. The number of fused-ring (bicyclic) bond motifs is 1. The van der Waals surface area contributed by atoms with E-state index in [0.29, 0.717) is 17.0 Å². The maximum atomic E-state index is 6.17. The summed E-state index contributed by atoms with van der Waals surface area (Å²) < 4.78 is 0. The van der Waals surface area contributed by atoms with Gasteiger partial charge in [-0.1, -0.05) is 23.7 Å². The molecule has 0 spiro atoms. The molecule has 1 aromatic carbocycles. The van der Waals surface area contributed by atoms with E-state index >= 15 is 0 Å². The Hall–Kier alpha value is -1.10. The second-order valence-electron chi connectivity index (χ2n) is 4.54. The fourth-order valence-corrected chi connectivity index (χ4v) is 2.43. The van der Waals surface area contributed by atoms with E-state index in [9.17, 15) is 0 Å². The minimum absolute atomic E-state index is 0. The van der Waals surface area contributed by atoms with Gasteiger partial charge >= 0.3 is 0 Å². The number of anilines is 1. The number of piperidine rings is 1. The van der Waals surface area contributed by atoms with Gasteiger partial charge in [0.05, 0.1) is 11.0 Å². The molecular weight excluding hydrogens is 283 g/mol. The molecule has 1 aliphatic heterocycles. The van der Waals surface area contributed by atoms with E-state index < -0.39 is 0 Å². The van der Waals surface area contributed by atoms with Gasteiger partial charge in [0.2, 0.25) is 0 Å². The molecule has 19 heavy (non-hydrogen) atoms. The lowest BCUT2D eigenvalue weighted by Gasteiger charge is -2.24. The first kappa shape index (κ1) is 14.3. The summed E-state index contributed by atoms with van der Waals surface area (Å²) in [6, 6.07) is 8.14. The first-order valence-electron chi connectivity index (χ1n) is 6.22. The number of hydrogen-bond donors (Lipinski definition) is 2. The van der Waals surface area contributed by atoms with Gasteiger partial charge in [0.15, 0.2) is 11.0 Å². The molecule has 0 unspecified atom stereocenters. The normalized spacial score (nSPS) is 18.9. The van der Waals surface area contributed by atoms with Crippen LogP contribution in [0.1, 0.15) is 12.8 Å². The Morgan fingerprint density at radius 1 is 1.21 bits per heavy atom. The third-order valence-electron chi connectivity index (χ3n) is 3.17. The molecule has 1 aliphatic rings. The Balaban J connectivity index is 0.00000133. The van der Waals surface area contributed by atoms with Crippen LogP contribution in [0.5, 0.6) is 0 Å². The van der Waals surface area contributed by atoms with Gasteiger partial charge in [-0.05, 0) is 31.5 Å². The van der Waals surface area contributed by atoms with Gasteiger partial charge in [0, 0.05) is 12.6 Å². The number of benzene rings is 1. The zero-order valence-corrected chi connectivity index (χ0v) is 12.0. The lowest BCUT2D eigenvalue weighted by molar-refractivity contribution is 0.479. The molecule has 0 aliphatic carbocycles. The van der Waals surface area contributed by atoms with Crippen LogP contribution in [-0.2, 0) is 0 Å². The highest BCUT2D eigenvalue weighted by Crippen LogP contribution is 2.22. The Kier molecular flexibility index (Phi) is 4.80. The van der Waals surface area contributed by atoms with Crippen molar-refractivity contribution in [2.24, 2.45) is 0 Å². The van der Waals surface area contributed by atoms with Crippen LogP contribution < -0.4 is 10.6 Å². The highest BCUT2D eigenvalue weighted by molar-refractivity contribution is 6.32. The second-order valence-corrected chi connectivity index (χ2v) is 4.90. The van der Waals surface area contributed by atoms with Gasteiger partial charge in [-0.25, -0.2) is 9.97 Å². The van der Waals surface area contributed by atoms with Crippen LogP contribution >= 0.6 is 24.0 Å². The largest absolute Gasteiger partial charge is 0.363 e. The number of aromatic nitrogens is 2. The van der Waals surface area contributed by atoms with E-state index in [1.165, 1.54) is 6.42 Å². The van der Waals surface area contributed by atoms with Gasteiger partial charge in [-0.2, -0.15) is 0 Å². The van der Waals surface area contributed by atoms with Gasteiger partial charge in [0.1, 0.15) is 0 Å². The van der Waals surface area contributed by atoms with E-state index in [2.05, 4.69) is 20.6 Å². The van der Waals surface area contributed by atoms with Gasteiger partial charge < -0.3 is 10.6 Å². The lowest BCUT2D eigenvalue weighted by atomic mass is 10.1. The lowest BCUT2D eigenvalue weighted by Crippen LogP contribution is -2.38. The summed E-state index contributed by atoms with van der Waals surface area (Å²) >= 11 is 6.17. The molecule has 1 fully saturated rings. The Morgan fingerprint density at radius 2 is 1.95 bits per heavy atom. The number of hydrogen-bond acceptors (Lipinski definition) is 4. The van der Waals surface area contributed by atoms with E-state index in [-0.39, 0.29) is 12.4 Å². The van der Waals surface area contributed by atoms with Crippen molar-refractivity contribution in [1.82, 2.24) is 15.3 Å². The average molecular weight is 299 g/mol. The highest BCUT2D eigenvalue weighted by atomic mass is 35.5. The summed E-state index contributed by atoms with van der Waals surface area (Å²) in [6.07, 6.45) is 2.31. The zero-order valence-electron chi connectivity index (χ0n) is 10.4. The van der Waals surface area contributed by atoms with Crippen LogP contribution in [0.25, 0.3) is 11.0 Å². The van der Waals surface area contributed by atoms with Crippen molar-refractivity contribution >= 4 is 40.9 Å². The van der Waals surface area contributed by atoms with Crippen LogP contribution in [-0.4, -0.2) is 29.1 Å². The minimum Gasteiger partial charge on any atom is -0.363 e. The van der Waals surface area contributed by atoms with Crippen molar-refractivity contribution in [3.8, 4) is 0 Å². The molecule has 1 saturated heterocycles. The standard InChI is InChI=1S/C13H15ClN4.ClH/c14-12-13(16-9-4-3-7-15-8-9)18-11-6-2-1-5-10(11)17-12;/h1-2,5-6,9,15H,3-4,7-8H2,(H,16,18);1H/t9-;/m1./s1. The average Bonchev–Trinajstić information content (AvgIpc) is 2.41. The Labute approximate surface area is 123 Å². The van der Waals surface area contributed by atoms with Crippen molar-refractivity contribution in [3.05, 3.63) is 29.4 Å². The molecule has 102 valence electrons. The number of halogens is 2. The molecule has 6 heteroatoms. The third kappa shape index (κ3) is 3.26. The monoisotopic (exact) mass is 298 g/mol. The van der Waals surface area contributed by atoms with E-state index in [1.54, 1.807) is 0 Å². The number of nitrogens with one attached hydrogen (secondary N) is 2. The van der Waals surface area contributed by atoms with Crippen LogP contribution in [0.2, 0.25) is 5.15 Å². The van der Waals surface area contributed by atoms with E-state index in [1.807, 2.05) is 24.3 Å². The van der Waals surface area contributed by atoms with Crippen LogP contribution in [0.4, 0.5) is 5.82 Å². The molecular formula is C13H16Cl2N4. The SMILES string of the molecule is Cl.Clc1nc2ccccc2nc1N[C@@H]1CCCNC1. The third-order valence-corrected chi connectivity index (χ3v) is 3.43. The van der Waals surface area contributed by atoms with Crippen molar-refractivity contribution in [2.45, 2.75) is 18.9 Å². The van der Waals surface area contributed by atoms with Crippen molar-refractivity contribution in [3.63, 3.8) is 0 Å². The Bertz CT molecular complexity index is 555. The van der Waals surface area contributed by atoms with Crippen LogP contribution in [0, 0.1) is 0 Å². The molecule has 0 bridgehead atoms. The first-order valence-corrected chi connectivity index (χ1v) is 6.60. The number of nitrogens with zero attached hydrogens (tertiary/aromatic N) is 2. The van der Waals surface area contributed by atoms with E-state index in [0.717, 1.165) is 30.5 Å². The molecule has 2 heterocycles. The predicted molar refractivity (Wildman–Crippen MR) is 81.3 cm³/mol. The first-order chi connectivity index (χ1) is 8.83.